The van der Waals surface area contributed by atoms with Crippen LogP contribution in [0.2, 0.25) is 0 Å². The number of fused-ring (bicyclic) bond motifs is 1. The fraction of sp³-hybridized carbons (Fsp3) is 0.312. The molecule has 122 valence electrons. The zero-order valence-corrected chi connectivity index (χ0v) is 12.9. The minimum absolute atomic E-state index is 0.250. The molecule has 0 radical (unpaired) electrons. The van der Waals surface area contributed by atoms with Crippen LogP contribution in [-0.4, -0.2) is 12.5 Å². The SMILES string of the molecule is NC(=O)c1c(Cc2cccc(C(F)(F)F)c2)sc2c1CCOC2. The maximum atomic E-state index is 12.8. The van der Waals surface area contributed by atoms with E-state index in [1.165, 1.54) is 17.4 Å². The maximum absolute atomic E-state index is 12.8. The van der Waals surface area contributed by atoms with Gasteiger partial charge in [-0.25, -0.2) is 0 Å². The summed E-state index contributed by atoms with van der Waals surface area (Å²) in [5, 5.41) is 0. The molecule has 1 aromatic heterocycles. The number of primary amides is 1. The fourth-order valence-corrected chi connectivity index (χ4v) is 4.07. The molecule has 3 nitrogen and oxygen atoms in total. The van der Waals surface area contributed by atoms with E-state index in [2.05, 4.69) is 0 Å². The summed E-state index contributed by atoms with van der Waals surface area (Å²) < 4.78 is 43.8. The van der Waals surface area contributed by atoms with Gasteiger partial charge in [0.15, 0.2) is 0 Å². The summed E-state index contributed by atoms with van der Waals surface area (Å²) in [4.78, 5) is 13.4. The first-order valence-corrected chi connectivity index (χ1v) is 7.85. The lowest BCUT2D eigenvalue weighted by molar-refractivity contribution is -0.137. The van der Waals surface area contributed by atoms with Crippen LogP contribution in [0.25, 0.3) is 0 Å². The second-order valence-electron chi connectivity index (χ2n) is 5.34. The van der Waals surface area contributed by atoms with E-state index in [9.17, 15) is 18.0 Å². The quantitative estimate of drug-likeness (QED) is 0.928. The van der Waals surface area contributed by atoms with Crippen molar-refractivity contribution in [3.05, 3.63) is 56.3 Å². The molecule has 1 aliphatic rings. The molecule has 0 fully saturated rings. The number of hydrogen-bond acceptors (Lipinski definition) is 3. The number of hydrogen-bond donors (Lipinski definition) is 1. The number of thiophene rings is 1. The molecule has 0 spiro atoms. The van der Waals surface area contributed by atoms with Gasteiger partial charge >= 0.3 is 6.18 Å². The lowest BCUT2D eigenvalue weighted by atomic mass is 10.00. The second kappa shape index (κ2) is 5.98. The summed E-state index contributed by atoms with van der Waals surface area (Å²) in [7, 11) is 0. The average molecular weight is 341 g/mol. The Morgan fingerprint density at radius 3 is 2.83 bits per heavy atom. The van der Waals surface area contributed by atoms with Crippen LogP contribution in [0.1, 0.15) is 36.8 Å². The highest BCUT2D eigenvalue weighted by Gasteiger charge is 2.30. The average Bonchev–Trinajstić information content (AvgIpc) is 2.84. The van der Waals surface area contributed by atoms with Crippen LogP contribution < -0.4 is 5.73 Å². The molecule has 1 aliphatic heterocycles. The van der Waals surface area contributed by atoms with E-state index in [1.807, 2.05) is 0 Å². The van der Waals surface area contributed by atoms with Crippen molar-refractivity contribution < 1.29 is 22.7 Å². The first-order chi connectivity index (χ1) is 10.9. The molecule has 7 heteroatoms. The third-order valence-electron chi connectivity index (χ3n) is 3.76. The van der Waals surface area contributed by atoms with Gasteiger partial charge in [-0.15, -0.1) is 11.3 Å². The number of amides is 1. The summed E-state index contributed by atoms with van der Waals surface area (Å²) in [6.07, 6.45) is -3.53. The van der Waals surface area contributed by atoms with Gasteiger partial charge in [-0.1, -0.05) is 18.2 Å². The molecule has 0 bridgehead atoms. The standard InChI is InChI=1S/C16H14F3NO2S/c17-16(18,19)10-3-1-2-9(6-10)7-12-14(15(20)21)11-4-5-22-8-13(11)23-12/h1-3,6H,4-5,7-8H2,(H2,20,21). The topological polar surface area (TPSA) is 52.3 Å². The Labute approximate surface area is 134 Å². The number of ether oxygens (including phenoxy) is 1. The predicted octanol–water partition coefficient (Wildman–Crippen LogP) is 3.53. The summed E-state index contributed by atoms with van der Waals surface area (Å²) in [5.74, 6) is -0.536. The highest BCUT2D eigenvalue weighted by atomic mass is 32.1. The van der Waals surface area contributed by atoms with Gasteiger partial charge in [0, 0.05) is 16.2 Å². The minimum Gasteiger partial charge on any atom is -0.376 e. The van der Waals surface area contributed by atoms with E-state index in [-0.39, 0.29) is 6.42 Å². The van der Waals surface area contributed by atoms with Gasteiger partial charge < -0.3 is 10.5 Å². The molecule has 1 aromatic carbocycles. The van der Waals surface area contributed by atoms with E-state index < -0.39 is 17.6 Å². The van der Waals surface area contributed by atoms with Crippen LogP contribution in [0.5, 0.6) is 0 Å². The number of benzene rings is 1. The lowest BCUT2D eigenvalue weighted by Crippen LogP contribution is -2.17. The van der Waals surface area contributed by atoms with Crippen LogP contribution in [0.4, 0.5) is 13.2 Å². The van der Waals surface area contributed by atoms with Crippen molar-refractivity contribution in [2.24, 2.45) is 5.73 Å². The van der Waals surface area contributed by atoms with Crippen molar-refractivity contribution >= 4 is 17.2 Å². The van der Waals surface area contributed by atoms with Crippen LogP contribution >= 0.6 is 11.3 Å². The first kappa shape index (κ1) is 16.0. The van der Waals surface area contributed by atoms with Gasteiger partial charge in [-0.05, 0) is 23.6 Å². The molecule has 2 heterocycles. The summed E-state index contributed by atoms with van der Waals surface area (Å²) in [6, 6.07) is 5.14. The molecule has 23 heavy (non-hydrogen) atoms. The molecule has 2 aromatic rings. The number of rotatable bonds is 3. The Bertz CT molecular complexity index is 752. The first-order valence-electron chi connectivity index (χ1n) is 7.03. The Kier molecular flexibility index (Phi) is 4.16. The van der Waals surface area contributed by atoms with Gasteiger partial charge in [0.05, 0.1) is 24.3 Å². The highest BCUT2D eigenvalue weighted by Crippen LogP contribution is 2.35. The van der Waals surface area contributed by atoms with Gasteiger partial charge in [0.2, 0.25) is 5.91 Å². The molecular weight excluding hydrogens is 327 g/mol. The van der Waals surface area contributed by atoms with Crippen LogP contribution in [0.15, 0.2) is 24.3 Å². The molecule has 0 unspecified atom stereocenters. The molecule has 3 rings (SSSR count). The predicted molar refractivity (Wildman–Crippen MR) is 80.4 cm³/mol. The van der Waals surface area contributed by atoms with Crippen molar-refractivity contribution in [3.63, 3.8) is 0 Å². The van der Waals surface area contributed by atoms with E-state index >= 15 is 0 Å². The van der Waals surface area contributed by atoms with E-state index in [0.717, 1.165) is 22.6 Å². The molecule has 2 N–H and O–H groups in total. The Balaban J connectivity index is 1.97. The normalized spacial score (nSPS) is 14.6. The van der Waals surface area contributed by atoms with Gasteiger partial charge in [0.25, 0.3) is 0 Å². The van der Waals surface area contributed by atoms with Gasteiger partial charge in [-0.2, -0.15) is 13.2 Å². The smallest absolute Gasteiger partial charge is 0.376 e. The summed E-state index contributed by atoms with van der Waals surface area (Å²) in [5.41, 5.74) is 6.62. The van der Waals surface area contributed by atoms with Gasteiger partial charge in [0.1, 0.15) is 0 Å². The van der Waals surface area contributed by atoms with Crippen LogP contribution in [0, 0.1) is 0 Å². The second-order valence-corrected chi connectivity index (χ2v) is 6.53. The lowest BCUT2D eigenvalue weighted by Gasteiger charge is -2.12. The van der Waals surface area contributed by atoms with Crippen LogP contribution in [0.3, 0.4) is 0 Å². The van der Waals surface area contributed by atoms with Crippen molar-refractivity contribution in [2.75, 3.05) is 6.61 Å². The zero-order chi connectivity index (χ0) is 16.6. The largest absolute Gasteiger partial charge is 0.416 e. The van der Waals surface area contributed by atoms with E-state index in [4.69, 9.17) is 10.5 Å². The van der Waals surface area contributed by atoms with Crippen molar-refractivity contribution in [1.29, 1.82) is 0 Å². The summed E-state index contributed by atoms with van der Waals surface area (Å²) >= 11 is 1.39. The monoisotopic (exact) mass is 341 g/mol. The molecule has 0 aliphatic carbocycles. The van der Waals surface area contributed by atoms with Crippen molar-refractivity contribution in [2.45, 2.75) is 25.6 Å². The van der Waals surface area contributed by atoms with E-state index in [1.54, 1.807) is 6.07 Å². The Hall–Kier alpha value is -1.86. The van der Waals surface area contributed by atoms with Crippen LogP contribution in [-0.2, 0) is 30.4 Å². The number of halogens is 3. The molecular formula is C16H14F3NO2S. The molecule has 1 amide bonds. The number of carbonyl (C=O) groups is 1. The third-order valence-corrected chi connectivity index (χ3v) is 4.96. The highest BCUT2D eigenvalue weighted by molar-refractivity contribution is 7.12. The fourth-order valence-electron chi connectivity index (χ4n) is 2.74. The van der Waals surface area contributed by atoms with Crippen molar-refractivity contribution in [3.8, 4) is 0 Å². The Morgan fingerprint density at radius 1 is 1.35 bits per heavy atom. The number of nitrogens with two attached hydrogens (primary N) is 1. The third kappa shape index (κ3) is 3.25. The molecule has 0 saturated heterocycles. The minimum atomic E-state index is -4.38. The van der Waals surface area contributed by atoms with Crippen molar-refractivity contribution in [1.82, 2.24) is 0 Å². The Morgan fingerprint density at radius 2 is 2.13 bits per heavy atom. The summed E-state index contributed by atoms with van der Waals surface area (Å²) in [6.45, 7) is 0.940. The maximum Gasteiger partial charge on any atom is 0.416 e. The number of alkyl halides is 3. The molecule has 0 saturated carbocycles. The molecule has 0 atom stereocenters. The number of carbonyl (C=O) groups excluding carboxylic acids is 1. The van der Waals surface area contributed by atoms with Gasteiger partial charge in [-0.3, -0.25) is 4.79 Å². The van der Waals surface area contributed by atoms with E-state index in [0.29, 0.717) is 35.6 Å². The zero-order valence-electron chi connectivity index (χ0n) is 12.1.